The van der Waals surface area contributed by atoms with Crippen molar-refractivity contribution in [2.24, 2.45) is 0 Å². The number of halogens is 2. The fraction of sp³-hybridized carbons (Fsp3) is 0.438. The zero-order valence-corrected chi connectivity index (χ0v) is 13.9. The normalized spacial score (nSPS) is 12.6. The smallest absolute Gasteiger partial charge is 0.142 e. The molecule has 0 saturated carbocycles. The van der Waals surface area contributed by atoms with Crippen molar-refractivity contribution in [1.82, 2.24) is 15.1 Å². The van der Waals surface area contributed by atoms with Gasteiger partial charge in [-0.15, -0.1) is 0 Å². The zero-order chi connectivity index (χ0) is 17.0. The highest BCUT2D eigenvalue weighted by Gasteiger charge is 2.13. The van der Waals surface area contributed by atoms with E-state index in [-0.39, 0.29) is 18.2 Å². The van der Waals surface area contributed by atoms with Crippen LogP contribution in [0, 0.1) is 19.7 Å². The van der Waals surface area contributed by atoms with Gasteiger partial charge in [0, 0.05) is 24.3 Å². The third kappa shape index (κ3) is 4.29. The Hall–Kier alpha value is -1.47. The van der Waals surface area contributed by atoms with Crippen LogP contribution < -0.4 is 5.32 Å². The number of benzene rings is 1. The van der Waals surface area contributed by atoms with Gasteiger partial charge < -0.3 is 15.5 Å². The molecule has 23 heavy (non-hydrogen) atoms. The first kappa shape index (κ1) is 17.9. The summed E-state index contributed by atoms with van der Waals surface area (Å²) < 4.78 is 15.2. The predicted molar refractivity (Wildman–Crippen MR) is 86.9 cm³/mol. The van der Waals surface area contributed by atoms with Crippen LogP contribution in [0.3, 0.4) is 0 Å². The number of nitrogens with one attached hydrogen (secondary N) is 1. The number of rotatable bonds is 7. The van der Waals surface area contributed by atoms with Crippen molar-refractivity contribution in [3.63, 3.8) is 0 Å². The molecule has 1 atom stereocenters. The minimum Gasteiger partial charge on any atom is -0.394 e. The molecule has 0 aliphatic carbocycles. The van der Waals surface area contributed by atoms with Gasteiger partial charge in [0.2, 0.25) is 0 Å². The number of hydrogen-bond donors (Lipinski definition) is 3. The van der Waals surface area contributed by atoms with Crippen molar-refractivity contribution in [3.8, 4) is 0 Å². The molecule has 0 bridgehead atoms. The van der Waals surface area contributed by atoms with Crippen molar-refractivity contribution in [2.45, 2.75) is 33.0 Å². The topological polar surface area (TPSA) is 70.3 Å². The summed E-state index contributed by atoms with van der Waals surface area (Å²) in [6, 6.07) is 4.28. The maximum Gasteiger partial charge on any atom is 0.142 e. The van der Waals surface area contributed by atoms with Gasteiger partial charge in [-0.3, -0.25) is 4.68 Å². The number of aryl methyl sites for hydroxylation is 1. The SMILES string of the molecule is Cc1nn(CCO)c(C)c1CNCC(O)c1ccc(Cl)c(F)c1. The van der Waals surface area contributed by atoms with E-state index < -0.39 is 11.9 Å². The van der Waals surface area contributed by atoms with Gasteiger partial charge in [0.1, 0.15) is 5.82 Å². The second-order valence-corrected chi connectivity index (χ2v) is 5.82. The fourth-order valence-corrected chi connectivity index (χ4v) is 2.59. The molecule has 0 spiro atoms. The molecule has 0 radical (unpaired) electrons. The average Bonchev–Trinajstić information content (AvgIpc) is 2.77. The fourth-order valence-electron chi connectivity index (χ4n) is 2.47. The van der Waals surface area contributed by atoms with Crippen LogP contribution >= 0.6 is 11.6 Å². The first-order valence-electron chi connectivity index (χ1n) is 7.41. The lowest BCUT2D eigenvalue weighted by molar-refractivity contribution is 0.174. The second kappa shape index (κ2) is 7.88. The van der Waals surface area contributed by atoms with E-state index >= 15 is 0 Å². The molecule has 0 fully saturated rings. The first-order valence-corrected chi connectivity index (χ1v) is 7.79. The largest absolute Gasteiger partial charge is 0.394 e. The minimum absolute atomic E-state index is 0.0374. The van der Waals surface area contributed by atoms with E-state index in [0.717, 1.165) is 17.0 Å². The van der Waals surface area contributed by atoms with E-state index in [2.05, 4.69) is 10.4 Å². The van der Waals surface area contributed by atoms with Crippen LogP contribution in [-0.2, 0) is 13.1 Å². The Kier molecular flexibility index (Phi) is 6.12. The summed E-state index contributed by atoms with van der Waals surface area (Å²) in [5.74, 6) is -0.541. The molecule has 1 aromatic heterocycles. The summed E-state index contributed by atoms with van der Waals surface area (Å²) in [4.78, 5) is 0. The summed E-state index contributed by atoms with van der Waals surface area (Å²) in [5, 5.41) is 26.7. The molecule has 0 aliphatic rings. The first-order chi connectivity index (χ1) is 10.9. The zero-order valence-electron chi connectivity index (χ0n) is 13.2. The van der Waals surface area contributed by atoms with Gasteiger partial charge in [-0.1, -0.05) is 17.7 Å². The molecule has 7 heteroatoms. The van der Waals surface area contributed by atoms with E-state index in [0.29, 0.717) is 18.7 Å². The highest BCUT2D eigenvalue weighted by molar-refractivity contribution is 6.30. The average molecular weight is 342 g/mol. The molecular weight excluding hydrogens is 321 g/mol. The van der Waals surface area contributed by atoms with Crippen LogP contribution in [0.5, 0.6) is 0 Å². The molecule has 0 saturated heterocycles. The molecule has 2 rings (SSSR count). The van der Waals surface area contributed by atoms with Crippen molar-refractivity contribution in [1.29, 1.82) is 0 Å². The molecule has 5 nitrogen and oxygen atoms in total. The Morgan fingerprint density at radius 1 is 1.39 bits per heavy atom. The molecule has 3 N–H and O–H groups in total. The molecule has 0 aliphatic heterocycles. The van der Waals surface area contributed by atoms with E-state index in [9.17, 15) is 9.50 Å². The molecular formula is C16H21ClFN3O2. The van der Waals surface area contributed by atoms with Gasteiger partial charge in [-0.2, -0.15) is 5.10 Å². The summed E-state index contributed by atoms with van der Waals surface area (Å²) in [6.45, 7) is 5.16. The molecule has 0 amide bonds. The van der Waals surface area contributed by atoms with E-state index in [4.69, 9.17) is 16.7 Å². The van der Waals surface area contributed by atoms with Crippen molar-refractivity contribution < 1.29 is 14.6 Å². The summed E-state index contributed by atoms with van der Waals surface area (Å²) in [6.07, 6.45) is -0.824. The maximum absolute atomic E-state index is 13.4. The van der Waals surface area contributed by atoms with Crippen molar-refractivity contribution in [3.05, 3.63) is 51.6 Å². The van der Waals surface area contributed by atoms with Crippen LogP contribution in [-0.4, -0.2) is 33.1 Å². The number of aliphatic hydroxyl groups excluding tert-OH is 2. The number of aliphatic hydroxyl groups is 2. The Morgan fingerprint density at radius 2 is 2.13 bits per heavy atom. The van der Waals surface area contributed by atoms with E-state index in [1.54, 1.807) is 10.7 Å². The van der Waals surface area contributed by atoms with Gasteiger partial charge in [-0.05, 0) is 31.5 Å². The van der Waals surface area contributed by atoms with E-state index in [1.807, 2.05) is 13.8 Å². The molecule has 1 heterocycles. The van der Waals surface area contributed by atoms with Crippen molar-refractivity contribution in [2.75, 3.05) is 13.2 Å². The van der Waals surface area contributed by atoms with Crippen LogP contribution in [0.4, 0.5) is 4.39 Å². The lowest BCUT2D eigenvalue weighted by atomic mass is 10.1. The quantitative estimate of drug-likeness (QED) is 0.721. The molecule has 1 unspecified atom stereocenters. The predicted octanol–water partition coefficient (Wildman–Crippen LogP) is 2.11. The molecule has 1 aromatic carbocycles. The summed E-state index contributed by atoms with van der Waals surface area (Å²) in [7, 11) is 0. The Labute approximate surface area is 139 Å². The third-order valence-electron chi connectivity index (χ3n) is 3.81. The van der Waals surface area contributed by atoms with Gasteiger partial charge in [0.25, 0.3) is 0 Å². The summed E-state index contributed by atoms with van der Waals surface area (Å²) in [5.41, 5.74) is 3.38. The standard InChI is InChI=1S/C16H21ClFN3O2/c1-10-13(11(2)21(20-10)5-6-22)8-19-9-16(23)12-3-4-14(17)15(18)7-12/h3-4,7,16,19,22-23H,5-6,8-9H2,1-2H3. The highest BCUT2D eigenvalue weighted by atomic mass is 35.5. The monoisotopic (exact) mass is 341 g/mol. The van der Waals surface area contributed by atoms with E-state index in [1.165, 1.54) is 12.1 Å². The van der Waals surface area contributed by atoms with Crippen LogP contribution in [0.25, 0.3) is 0 Å². The molecule has 2 aromatic rings. The van der Waals surface area contributed by atoms with Crippen molar-refractivity contribution >= 4 is 11.6 Å². The lowest BCUT2D eigenvalue weighted by Crippen LogP contribution is -2.22. The Morgan fingerprint density at radius 3 is 2.78 bits per heavy atom. The Balaban J connectivity index is 1.95. The van der Waals surface area contributed by atoms with Gasteiger partial charge in [0.15, 0.2) is 0 Å². The van der Waals surface area contributed by atoms with Crippen LogP contribution in [0.15, 0.2) is 18.2 Å². The highest BCUT2D eigenvalue weighted by Crippen LogP contribution is 2.20. The minimum atomic E-state index is -0.824. The second-order valence-electron chi connectivity index (χ2n) is 5.42. The lowest BCUT2D eigenvalue weighted by Gasteiger charge is -2.13. The number of nitrogens with zero attached hydrogens (tertiary/aromatic N) is 2. The Bertz CT molecular complexity index is 676. The van der Waals surface area contributed by atoms with Gasteiger partial charge in [0.05, 0.1) is 30.0 Å². The number of aromatic nitrogens is 2. The maximum atomic E-state index is 13.4. The van der Waals surface area contributed by atoms with Crippen LogP contribution in [0.2, 0.25) is 5.02 Å². The van der Waals surface area contributed by atoms with Gasteiger partial charge in [-0.25, -0.2) is 4.39 Å². The molecule has 126 valence electrons. The summed E-state index contributed by atoms with van der Waals surface area (Å²) >= 11 is 5.63. The number of hydrogen-bond acceptors (Lipinski definition) is 4. The third-order valence-corrected chi connectivity index (χ3v) is 4.12. The van der Waals surface area contributed by atoms with Crippen LogP contribution in [0.1, 0.15) is 28.6 Å². The van der Waals surface area contributed by atoms with Gasteiger partial charge >= 0.3 is 0 Å².